The van der Waals surface area contributed by atoms with Gasteiger partial charge in [0.05, 0.1) is 12.2 Å². The molecule has 0 bridgehead atoms. The van der Waals surface area contributed by atoms with Crippen molar-refractivity contribution < 1.29 is 4.79 Å². The van der Waals surface area contributed by atoms with Crippen LogP contribution < -0.4 is 0 Å². The van der Waals surface area contributed by atoms with Crippen LogP contribution in [0.4, 0.5) is 0 Å². The summed E-state index contributed by atoms with van der Waals surface area (Å²) in [5.74, 6) is 0.212. The molecule has 0 unspecified atom stereocenters. The number of hydrogen-bond donors (Lipinski definition) is 0. The van der Waals surface area contributed by atoms with Gasteiger partial charge in [-0.3, -0.25) is 9.48 Å². The molecular formula is C12H18N2O. The summed E-state index contributed by atoms with van der Waals surface area (Å²) in [5, 5.41) is 4.42. The van der Waals surface area contributed by atoms with Gasteiger partial charge in [0.15, 0.2) is 0 Å². The maximum atomic E-state index is 11.1. The standard InChI is InChI=1S/C12H18N2O/c1-9(15)7-11-8-13-14(10(11)2)12-5-3-4-6-12/h8,12H,3-7H2,1-2H3. The highest BCUT2D eigenvalue weighted by atomic mass is 16.1. The van der Waals surface area contributed by atoms with Crippen molar-refractivity contribution in [1.82, 2.24) is 9.78 Å². The zero-order valence-corrected chi connectivity index (χ0v) is 9.49. The lowest BCUT2D eigenvalue weighted by Crippen LogP contribution is -2.09. The second-order valence-electron chi connectivity index (χ2n) is 4.52. The largest absolute Gasteiger partial charge is 0.300 e. The van der Waals surface area contributed by atoms with E-state index >= 15 is 0 Å². The van der Waals surface area contributed by atoms with Gasteiger partial charge in [0.25, 0.3) is 0 Å². The quantitative estimate of drug-likeness (QED) is 0.761. The molecule has 1 aliphatic carbocycles. The molecule has 2 rings (SSSR count). The molecule has 3 heteroatoms. The number of rotatable bonds is 3. The highest BCUT2D eigenvalue weighted by Gasteiger charge is 2.20. The first-order valence-electron chi connectivity index (χ1n) is 5.71. The zero-order valence-electron chi connectivity index (χ0n) is 9.49. The molecule has 0 spiro atoms. The van der Waals surface area contributed by atoms with E-state index in [1.54, 1.807) is 6.92 Å². The molecule has 0 aromatic carbocycles. The van der Waals surface area contributed by atoms with Gasteiger partial charge in [-0.05, 0) is 26.7 Å². The molecular weight excluding hydrogens is 188 g/mol. The number of Topliss-reactive ketones (excluding diaryl/α,β-unsaturated/α-hetero) is 1. The monoisotopic (exact) mass is 206 g/mol. The zero-order chi connectivity index (χ0) is 10.8. The van der Waals surface area contributed by atoms with Crippen molar-refractivity contribution in [2.24, 2.45) is 0 Å². The molecule has 1 aromatic rings. The van der Waals surface area contributed by atoms with Crippen LogP contribution in [0.5, 0.6) is 0 Å². The Labute approximate surface area is 90.5 Å². The van der Waals surface area contributed by atoms with Crippen LogP contribution in [0.3, 0.4) is 0 Å². The second kappa shape index (κ2) is 4.17. The smallest absolute Gasteiger partial charge is 0.134 e. The minimum Gasteiger partial charge on any atom is -0.300 e. The first kappa shape index (κ1) is 10.4. The highest BCUT2D eigenvalue weighted by molar-refractivity contribution is 5.78. The average Bonchev–Trinajstić information content (AvgIpc) is 2.76. The van der Waals surface area contributed by atoms with Gasteiger partial charge in [-0.1, -0.05) is 12.8 Å². The van der Waals surface area contributed by atoms with Gasteiger partial charge in [-0.2, -0.15) is 5.10 Å². The van der Waals surface area contributed by atoms with E-state index in [2.05, 4.69) is 16.7 Å². The van der Waals surface area contributed by atoms with E-state index in [9.17, 15) is 4.79 Å². The van der Waals surface area contributed by atoms with Crippen LogP contribution in [-0.2, 0) is 11.2 Å². The van der Waals surface area contributed by atoms with E-state index in [0.29, 0.717) is 12.5 Å². The average molecular weight is 206 g/mol. The van der Waals surface area contributed by atoms with Crippen molar-refractivity contribution in [1.29, 1.82) is 0 Å². The van der Waals surface area contributed by atoms with Gasteiger partial charge in [-0.15, -0.1) is 0 Å². The van der Waals surface area contributed by atoms with E-state index in [0.717, 1.165) is 5.56 Å². The van der Waals surface area contributed by atoms with Gasteiger partial charge in [0, 0.05) is 17.7 Å². The van der Waals surface area contributed by atoms with Gasteiger partial charge in [0.2, 0.25) is 0 Å². The third kappa shape index (κ3) is 2.11. The van der Waals surface area contributed by atoms with Crippen molar-refractivity contribution in [3.8, 4) is 0 Å². The molecule has 1 heterocycles. The van der Waals surface area contributed by atoms with Crippen molar-refractivity contribution in [2.75, 3.05) is 0 Å². The van der Waals surface area contributed by atoms with Crippen molar-refractivity contribution in [3.63, 3.8) is 0 Å². The molecule has 3 nitrogen and oxygen atoms in total. The summed E-state index contributed by atoms with van der Waals surface area (Å²) in [6.45, 7) is 3.70. The van der Waals surface area contributed by atoms with Crippen LogP contribution in [0.2, 0.25) is 0 Å². The first-order valence-corrected chi connectivity index (χ1v) is 5.71. The predicted molar refractivity (Wildman–Crippen MR) is 58.9 cm³/mol. The molecule has 1 fully saturated rings. The molecule has 0 saturated heterocycles. The lowest BCUT2D eigenvalue weighted by atomic mass is 10.1. The fourth-order valence-electron chi connectivity index (χ4n) is 2.42. The molecule has 1 saturated carbocycles. The Hall–Kier alpha value is -1.12. The van der Waals surface area contributed by atoms with E-state index < -0.39 is 0 Å². The second-order valence-corrected chi connectivity index (χ2v) is 4.52. The van der Waals surface area contributed by atoms with Crippen molar-refractivity contribution >= 4 is 5.78 Å². The Kier molecular flexibility index (Phi) is 2.89. The van der Waals surface area contributed by atoms with Gasteiger partial charge < -0.3 is 0 Å². The number of nitrogens with zero attached hydrogens (tertiary/aromatic N) is 2. The Morgan fingerprint density at radius 2 is 2.20 bits per heavy atom. The van der Waals surface area contributed by atoms with Crippen LogP contribution >= 0.6 is 0 Å². The van der Waals surface area contributed by atoms with Crippen LogP contribution in [0.1, 0.15) is 49.9 Å². The van der Waals surface area contributed by atoms with E-state index in [1.165, 1.54) is 31.4 Å². The van der Waals surface area contributed by atoms with Crippen LogP contribution in [-0.4, -0.2) is 15.6 Å². The minimum atomic E-state index is 0.212. The number of carbonyl (C=O) groups is 1. The van der Waals surface area contributed by atoms with Gasteiger partial charge in [-0.25, -0.2) is 0 Å². The highest BCUT2D eigenvalue weighted by Crippen LogP contribution is 2.30. The predicted octanol–water partition coefficient (Wildman–Crippen LogP) is 2.44. The summed E-state index contributed by atoms with van der Waals surface area (Å²) in [5.41, 5.74) is 2.27. The van der Waals surface area contributed by atoms with E-state index in [1.807, 2.05) is 6.20 Å². The lowest BCUT2D eigenvalue weighted by Gasteiger charge is -2.12. The normalized spacial score (nSPS) is 17.2. The molecule has 0 amide bonds. The number of carbonyl (C=O) groups excluding carboxylic acids is 1. The molecule has 0 aliphatic heterocycles. The molecule has 15 heavy (non-hydrogen) atoms. The fraction of sp³-hybridized carbons (Fsp3) is 0.667. The summed E-state index contributed by atoms with van der Waals surface area (Å²) >= 11 is 0. The number of hydrogen-bond acceptors (Lipinski definition) is 2. The van der Waals surface area contributed by atoms with Crippen LogP contribution in [0.15, 0.2) is 6.20 Å². The maximum Gasteiger partial charge on any atom is 0.134 e. The summed E-state index contributed by atoms with van der Waals surface area (Å²) in [4.78, 5) is 11.1. The van der Waals surface area contributed by atoms with Crippen molar-refractivity contribution in [2.45, 2.75) is 52.0 Å². The fourth-order valence-corrected chi connectivity index (χ4v) is 2.42. The number of ketones is 1. The van der Waals surface area contributed by atoms with Crippen molar-refractivity contribution in [3.05, 3.63) is 17.5 Å². The molecule has 1 aliphatic rings. The Balaban J connectivity index is 2.18. The minimum absolute atomic E-state index is 0.212. The molecule has 0 radical (unpaired) electrons. The SMILES string of the molecule is CC(=O)Cc1cnn(C2CCCC2)c1C. The molecule has 82 valence electrons. The van der Waals surface area contributed by atoms with Gasteiger partial charge in [0.1, 0.15) is 5.78 Å². The summed E-state index contributed by atoms with van der Waals surface area (Å²) in [6.07, 6.45) is 7.48. The summed E-state index contributed by atoms with van der Waals surface area (Å²) in [7, 11) is 0. The van der Waals surface area contributed by atoms with E-state index in [-0.39, 0.29) is 5.78 Å². The molecule has 0 N–H and O–H groups in total. The van der Waals surface area contributed by atoms with E-state index in [4.69, 9.17) is 0 Å². The molecule has 1 aromatic heterocycles. The van der Waals surface area contributed by atoms with Crippen LogP contribution in [0.25, 0.3) is 0 Å². The summed E-state index contributed by atoms with van der Waals surface area (Å²) in [6, 6.07) is 0.575. The maximum absolute atomic E-state index is 11.1. The molecule has 0 atom stereocenters. The van der Waals surface area contributed by atoms with Crippen LogP contribution in [0, 0.1) is 6.92 Å². The first-order chi connectivity index (χ1) is 7.18. The lowest BCUT2D eigenvalue weighted by molar-refractivity contribution is -0.116. The Bertz CT molecular complexity index is 362. The summed E-state index contributed by atoms with van der Waals surface area (Å²) < 4.78 is 2.12. The third-order valence-corrected chi connectivity index (χ3v) is 3.26. The number of aromatic nitrogens is 2. The topological polar surface area (TPSA) is 34.9 Å². The Morgan fingerprint density at radius 3 is 2.80 bits per heavy atom. The van der Waals surface area contributed by atoms with Gasteiger partial charge >= 0.3 is 0 Å². The Morgan fingerprint density at radius 1 is 1.53 bits per heavy atom. The third-order valence-electron chi connectivity index (χ3n) is 3.26.